The Bertz CT molecular complexity index is 906. The predicted octanol–water partition coefficient (Wildman–Crippen LogP) is 3.06. The lowest BCUT2D eigenvalue weighted by atomic mass is 9.83. The third-order valence-electron chi connectivity index (χ3n) is 5.34. The number of hydrogen-bond acceptors (Lipinski definition) is 6. The number of nitrogens with zero attached hydrogens (tertiary/aromatic N) is 1. The van der Waals surface area contributed by atoms with Gasteiger partial charge in [0.25, 0.3) is 0 Å². The van der Waals surface area contributed by atoms with Crippen molar-refractivity contribution in [3.63, 3.8) is 0 Å². The normalized spacial score (nSPS) is 12.7. The van der Waals surface area contributed by atoms with Crippen molar-refractivity contribution >= 4 is 11.3 Å². The Kier molecular flexibility index (Phi) is 7.96. The second-order valence-electron chi connectivity index (χ2n) is 6.92. The molecule has 0 aromatic heterocycles. The van der Waals surface area contributed by atoms with Crippen LogP contribution in [0.2, 0.25) is 0 Å². The van der Waals surface area contributed by atoms with E-state index >= 15 is 0 Å². The van der Waals surface area contributed by atoms with E-state index in [4.69, 9.17) is 10.6 Å². The molecule has 0 saturated carbocycles. The summed E-state index contributed by atoms with van der Waals surface area (Å²) in [5, 5.41) is 32.8. The molecule has 1 atom stereocenters. The third kappa shape index (κ3) is 4.67. The van der Waals surface area contributed by atoms with Gasteiger partial charge in [0.2, 0.25) is 0 Å². The van der Waals surface area contributed by atoms with E-state index < -0.39 is 0 Å². The standard InChI is InChI=1S/C23H30N2O4/c1-5-20(15(3)25-24)22-10-23(29-4)19(13-28)9-21(22)14(2)16-6-7-17(11-26)18(8-16)12-27/h6-10,20,26-28H,2,5,11-13,24H2,1,3-4H3/b25-15-/t20-/m1/s1. The molecular formula is C23H30N2O4. The van der Waals surface area contributed by atoms with Gasteiger partial charge >= 0.3 is 0 Å². The van der Waals surface area contributed by atoms with Crippen LogP contribution in [0, 0.1) is 0 Å². The minimum atomic E-state index is -0.176. The number of ether oxygens (including phenoxy) is 1. The van der Waals surface area contributed by atoms with Crippen LogP contribution in [0.5, 0.6) is 5.75 Å². The number of methoxy groups -OCH3 is 1. The van der Waals surface area contributed by atoms with Crippen LogP contribution in [-0.4, -0.2) is 28.1 Å². The Labute approximate surface area is 172 Å². The number of aliphatic hydroxyl groups excluding tert-OH is 3. The van der Waals surface area contributed by atoms with Crippen molar-refractivity contribution in [3.05, 3.63) is 70.3 Å². The third-order valence-corrected chi connectivity index (χ3v) is 5.34. The summed E-state index contributed by atoms with van der Waals surface area (Å²) in [6, 6.07) is 9.26. The van der Waals surface area contributed by atoms with Gasteiger partial charge in [0, 0.05) is 17.2 Å². The molecule has 2 rings (SSSR count). The monoisotopic (exact) mass is 398 g/mol. The van der Waals surface area contributed by atoms with E-state index in [-0.39, 0.29) is 25.7 Å². The summed E-state index contributed by atoms with van der Waals surface area (Å²) in [4.78, 5) is 0. The highest BCUT2D eigenvalue weighted by Gasteiger charge is 2.22. The highest BCUT2D eigenvalue weighted by molar-refractivity contribution is 5.92. The zero-order valence-electron chi connectivity index (χ0n) is 17.3. The highest BCUT2D eigenvalue weighted by atomic mass is 16.5. The molecule has 0 saturated heterocycles. The molecule has 156 valence electrons. The van der Waals surface area contributed by atoms with E-state index in [1.165, 1.54) is 0 Å². The van der Waals surface area contributed by atoms with Crippen molar-refractivity contribution < 1.29 is 20.1 Å². The van der Waals surface area contributed by atoms with Crippen LogP contribution in [-0.2, 0) is 19.8 Å². The largest absolute Gasteiger partial charge is 0.496 e. The molecule has 2 aromatic rings. The number of aliphatic hydroxyl groups is 3. The minimum absolute atomic E-state index is 0.0394. The summed E-state index contributed by atoms with van der Waals surface area (Å²) < 4.78 is 5.47. The SMILES string of the molecule is C=C(c1ccc(CO)c(CO)c1)c1cc(CO)c(OC)cc1[C@H](CC)/C(C)=N\N. The van der Waals surface area contributed by atoms with Crippen LogP contribution in [0.1, 0.15) is 59.6 Å². The van der Waals surface area contributed by atoms with Gasteiger partial charge in [0.1, 0.15) is 5.75 Å². The zero-order chi connectivity index (χ0) is 21.6. The van der Waals surface area contributed by atoms with E-state index in [2.05, 4.69) is 18.6 Å². The van der Waals surface area contributed by atoms with Crippen LogP contribution in [0.3, 0.4) is 0 Å². The first-order valence-electron chi connectivity index (χ1n) is 9.54. The Morgan fingerprint density at radius 1 is 1.07 bits per heavy atom. The number of hydrogen-bond donors (Lipinski definition) is 4. The van der Waals surface area contributed by atoms with Crippen LogP contribution >= 0.6 is 0 Å². The van der Waals surface area contributed by atoms with Gasteiger partial charge in [-0.3, -0.25) is 0 Å². The van der Waals surface area contributed by atoms with Crippen molar-refractivity contribution in [2.45, 2.75) is 46.0 Å². The first-order chi connectivity index (χ1) is 13.9. The van der Waals surface area contributed by atoms with Gasteiger partial charge in [-0.25, -0.2) is 0 Å². The second-order valence-corrected chi connectivity index (χ2v) is 6.92. The number of nitrogens with two attached hydrogens (primary N) is 1. The summed E-state index contributed by atoms with van der Waals surface area (Å²) in [6.45, 7) is 7.73. The van der Waals surface area contributed by atoms with Gasteiger partial charge in [-0.1, -0.05) is 25.6 Å². The average Bonchev–Trinajstić information content (AvgIpc) is 2.77. The zero-order valence-corrected chi connectivity index (χ0v) is 17.3. The van der Waals surface area contributed by atoms with Crippen molar-refractivity contribution in [1.82, 2.24) is 0 Å². The van der Waals surface area contributed by atoms with Crippen LogP contribution in [0.15, 0.2) is 42.0 Å². The minimum Gasteiger partial charge on any atom is -0.496 e. The smallest absolute Gasteiger partial charge is 0.124 e. The Morgan fingerprint density at radius 2 is 1.72 bits per heavy atom. The van der Waals surface area contributed by atoms with Gasteiger partial charge < -0.3 is 25.9 Å². The fraction of sp³-hybridized carbons (Fsp3) is 0.348. The maximum absolute atomic E-state index is 9.80. The molecule has 0 aliphatic carbocycles. The lowest BCUT2D eigenvalue weighted by Crippen LogP contribution is -2.13. The van der Waals surface area contributed by atoms with Crippen molar-refractivity contribution in [2.24, 2.45) is 10.9 Å². The lowest BCUT2D eigenvalue weighted by Gasteiger charge is -2.23. The van der Waals surface area contributed by atoms with E-state index in [0.717, 1.165) is 34.4 Å². The van der Waals surface area contributed by atoms with E-state index in [1.807, 2.05) is 31.2 Å². The molecule has 0 unspecified atom stereocenters. The second kappa shape index (κ2) is 10.2. The quantitative estimate of drug-likeness (QED) is 0.295. The molecule has 29 heavy (non-hydrogen) atoms. The molecule has 0 fully saturated rings. The topological polar surface area (TPSA) is 108 Å². The molecule has 2 aromatic carbocycles. The maximum atomic E-state index is 9.80. The Morgan fingerprint density at radius 3 is 2.24 bits per heavy atom. The van der Waals surface area contributed by atoms with E-state index in [9.17, 15) is 15.3 Å². The van der Waals surface area contributed by atoms with Gasteiger partial charge in [-0.2, -0.15) is 5.10 Å². The number of rotatable bonds is 9. The predicted molar refractivity (Wildman–Crippen MR) is 116 cm³/mol. The molecule has 0 spiro atoms. The average molecular weight is 399 g/mol. The maximum Gasteiger partial charge on any atom is 0.124 e. The molecule has 0 amide bonds. The molecule has 0 aliphatic heterocycles. The molecule has 0 bridgehead atoms. The summed E-state index contributed by atoms with van der Waals surface area (Å²) in [6.07, 6.45) is 0.778. The summed E-state index contributed by atoms with van der Waals surface area (Å²) >= 11 is 0. The molecule has 0 aliphatic rings. The summed E-state index contributed by atoms with van der Waals surface area (Å²) in [5.74, 6) is 6.11. The van der Waals surface area contributed by atoms with Gasteiger partial charge in [0.05, 0.1) is 26.9 Å². The van der Waals surface area contributed by atoms with Gasteiger partial charge in [0.15, 0.2) is 0 Å². The lowest BCUT2D eigenvalue weighted by molar-refractivity contribution is 0.260. The first kappa shape index (κ1) is 22.6. The fourth-order valence-electron chi connectivity index (χ4n) is 3.60. The van der Waals surface area contributed by atoms with Crippen LogP contribution in [0.25, 0.3) is 5.57 Å². The number of hydrazone groups is 1. The summed E-state index contributed by atoms with van der Waals surface area (Å²) in [5.41, 5.74) is 6.12. The van der Waals surface area contributed by atoms with Gasteiger partial charge in [-0.05, 0) is 64.9 Å². The molecule has 5 N–H and O–H groups in total. The highest BCUT2D eigenvalue weighted by Crippen LogP contribution is 2.37. The Hall–Kier alpha value is -2.67. The summed E-state index contributed by atoms with van der Waals surface area (Å²) in [7, 11) is 1.57. The Balaban J connectivity index is 2.70. The van der Waals surface area contributed by atoms with Gasteiger partial charge in [-0.15, -0.1) is 0 Å². The first-order valence-corrected chi connectivity index (χ1v) is 9.54. The van der Waals surface area contributed by atoms with Crippen molar-refractivity contribution in [1.29, 1.82) is 0 Å². The van der Waals surface area contributed by atoms with Crippen molar-refractivity contribution in [3.8, 4) is 5.75 Å². The van der Waals surface area contributed by atoms with Crippen molar-refractivity contribution in [2.75, 3.05) is 7.11 Å². The number of benzene rings is 2. The van der Waals surface area contributed by atoms with E-state index in [1.54, 1.807) is 13.2 Å². The molecule has 6 nitrogen and oxygen atoms in total. The van der Waals surface area contributed by atoms with E-state index in [0.29, 0.717) is 22.4 Å². The van der Waals surface area contributed by atoms with Crippen LogP contribution < -0.4 is 10.6 Å². The van der Waals surface area contributed by atoms with Crippen LogP contribution in [0.4, 0.5) is 0 Å². The molecule has 6 heteroatoms. The molecule has 0 radical (unpaired) electrons. The molecular weight excluding hydrogens is 368 g/mol. The molecule has 0 heterocycles. The fourth-order valence-corrected chi connectivity index (χ4v) is 3.60.